The first kappa shape index (κ1) is 27.8. The number of hydrogen-bond donors (Lipinski definition) is 2. The molecule has 1 unspecified atom stereocenters. The molecule has 2 aromatic rings. The van der Waals surface area contributed by atoms with Crippen molar-refractivity contribution in [3.05, 3.63) is 53.2 Å². The van der Waals surface area contributed by atoms with E-state index in [1.54, 1.807) is 36.4 Å². The Labute approximate surface area is 195 Å². The maximum Gasteiger partial charge on any atom is 0.322 e. The van der Waals surface area contributed by atoms with Gasteiger partial charge in [-0.25, -0.2) is 0 Å². The number of carboxylic acid groups (broad SMARTS) is 1. The van der Waals surface area contributed by atoms with Crippen LogP contribution in [0.2, 0.25) is 5.15 Å². The molecule has 1 fully saturated rings. The molecule has 1 aliphatic heterocycles. The molecule has 32 heavy (non-hydrogen) atoms. The fraction of sp³-hybridized carbons (Fsp3) is 0.476. The van der Waals surface area contributed by atoms with Gasteiger partial charge in [0.05, 0.1) is 0 Å². The Morgan fingerprint density at radius 1 is 1.03 bits per heavy atom. The van der Waals surface area contributed by atoms with Crippen molar-refractivity contribution in [2.45, 2.75) is 40.2 Å². The van der Waals surface area contributed by atoms with Gasteiger partial charge in [-0.2, -0.15) is 17.4 Å². The minimum atomic E-state index is -3.94. The first-order valence-electron chi connectivity index (χ1n) is 10.6. The molecule has 0 amide bonds. The highest BCUT2D eigenvalue weighted by atomic mass is 35.5. The Morgan fingerprint density at radius 2 is 1.62 bits per heavy atom. The zero-order valence-corrected chi connectivity index (χ0v) is 20.5. The van der Waals surface area contributed by atoms with Crippen molar-refractivity contribution in [3.8, 4) is 0 Å². The molecule has 9 nitrogen and oxygen atoms in total. The summed E-state index contributed by atoms with van der Waals surface area (Å²) in [6.45, 7) is 9.23. The van der Waals surface area contributed by atoms with Gasteiger partial charge in [-0.3, -0.25) is 4.79 Å². The highest BCUT2D eigenvalue weighted by molar-refractivity contribution is 7.87. The molecule has 0 bridgehead atoms. The third-order valence-electron chi connectivity index (χ3n) is 4.39. The second-order valence-electron chi connectivity index (χ2n) is 6.30. The largest absolute Gasteiger partial charge is 0.480 e. The van der Waals surface area contributed by atoms with E-state index >= 15 is 0 Å². The summed E-state index contributed by atoms with van der Waals surface area (Å²) in [5.41, 5.74) is 0.740. The lowest BCUT2D eigenvalue weighted by atomic mass is 10.1. The fourth-order valence-corrected chi connectivity index (χ4v) is 4.36. The molecule has 1 atom stereocenters. The van der Waals surface area contributed by atoms with E-state index in [9.17, 15) is 18.3 Å². The summed E-state index contributed by atoms with van der Waals surface area (Å²) in [5, 5.41) is 17.5. The number of aliphatic carboxylic acids is 1. The van der Waals surface area contributed by atoms with Crippen LogP contribution in [0, 0.1) is 0 Å². The Morgan fingerprint density at radius 3 is 2.12 bits per heavy atom. The monoisotopic (exact) mass is 485 g/mol. The van der Waals surface area contributed by atoms with Crippen LogP contribution in [0.3, 0.4) is 0 Å². The number of aromatic nitrogens is 2. The van der Waals surface area contributed by atoms with Crippen molar-refractivity contribution in [1.82, 2.24) is 19.2 Å². The van der Waals surface area contributed by atoms with Gasteiger partial charge in [0.2, 0.25) is 0 Å². The lowest BCUT2D eigenvalue weighted by Crippen LogP contribution is -2.55. The predicted octanol–water partition coefficient (Wildman–Crippen LogP) is 2.83. The van der Waals surface area contributed by atoms with Crippen molar-refractivity contribution in [3.63, 3.8) is 0 Å². The van der Waals surface area contributed by atoms with Crippen molar-refractivity contribution in [1.29, 1.82) is 0 Å². The van der Waals surface area contributed by atoms with E-state index in [-0.39, 0.29) is 24.7 Å². The summed E-state index contributed by atoms with van der Waals surface area (Å²) < 4.78 is 28.9. The van der Waals surface area contributed by atoms with Crippen LogP contribution in [-0.2, 0) is 21.4 Å². The molecule has 3 rings (SSSR count). The van der Waals surface area contributed by atoms with Gasteiger partial charge in [-0.1, -0.05) is 69.6 Å². The molecule has 0 saturated carbocycles. The Hall–Kier alpha value is -2.27. The van der Waals surface area contributed by atoms with Gasteiger partial charge in [-0.05, 0) is 24.1 Å². The highest BCUT2D eigenvalue weighted by Gasteiger charge is 2.31. The summed E-state index contributed by atoms with van der Waals surface area (Å²) in [4.78, 5) is 13.4. The number of rotatable bonds is 7. The van der Waals surface area contributed by atoms with Gasteiger partial charge in [0, 0.05) is 26.2 Å². The standard InChI is InChI=1S/C17H20ClN5O4S.2C2H6/c18-15-6-7-16(20-19-15)22-8-10-23(11-9-22)28(26,27)21-14(17(24)25)12-13-4-2-1-3-5-13;2*1-2/h1-7,14,21H,8-12H2,(H,24,25);2*1-2H3. The topological polar surface area (TPSA) is 116 Å². The summed E-state index contributed by atoms with van der Waals surface area (Å²) in [6, 6.07) is 11.0. The van der Waals surface area contributed by atoms with Crippen LogP contribution in [0.1, 0.15) is 33.3 Å². The van der Waals surface area contributed by atoms with E-state index in [1.807, 2.05) is 38.7 Å². The van der Waals surface area contributed by atoms with Crippen LogP contribution in [-0.4, -0.2) is 66.2 Å². The SMILES string of the molecule is CC.CC.O=C(O)C(Cc1ccccc1)NS(=O)(=O)N1CCN(c2ccc(Cl)nn2)CC1. The molecule has 2 N–H and O–H groups in total. The zero-order valence-electron chi connectivity index (χ0n) is 18.9. The van der Waals surface area contributed by atoms with Crippen LogP contribution < -0.4 is 9.62 Å². The van der Waals surface area contributed by atoms with Gasteiger partial charge < -0.3 is 10.0 Å². The quantitative estimate of drug-likeness (QED) is 0.619. The minimum absolute atomic E-state index is 0.0652. The maximum atomic E-state index is 12.7. The molecule has 2 heterocycles. The number of nitrogens with one attached hydrogen (secondary N) is 1. The number of halogens is 1. The number of anilines is 1. The molecular weight excluding hydrogens is 454 g/mol. The molecule has 1 saturated heterocycles. The van der Waals surface area contributed by atoms with Crippen molar-refractivity contribution in [2.24, 2.45) is 0 Å². The average molecular weight is 486 g/mol. The Balaban J connectivity index is 0.00000121. The normalized spacial score (nSPS) is 15.0. The molecule has 1 aromatic carbocycles. The van der Waals surface area contributed by atoms with Gasteiger partial charge in [0.15, 0.2) is 11.0 Å². The van der Waals surface area contributed by atoms with Gasteiger partial charge in [0.25, 0.3) is 10.2 Å². The smallest absolute Gasteiger partial charge is 0.322 e. The molecule has 0 spiro atoms. The van der Waals surface area contributed by atoms with E-state index in [0.29, 0.717) is 18.9 Å². The van der Waals surface area contributed by atoms with Crippen LogP contribution in [0.25, 0.3) is 0 Å². The summed E-state index contributed by atoms with van der Waals surface area (Å²) in [6.07, 6.45) is 0.0652. The zero-order chi connectivity index (χ0) is 24.1. The first-order valence-corrected chi connectivity index (χ1v) is 12.5. The molecule has 178 valence electrons. The minimum Gasteiger partial charge on any atom is -0.480 e. The lowest BCUT2D eigenvalue weighted by Gasteiger charge is -2.34. The number of piperazine rings is 1. The van der Waals surface area contributed by atoms with Gasteiger partial charge >= 0.3 is 5.97 Å². The first-order chi connectivity index (χ1) is 15.3. The second kappa shape index (κ2) is 14.0. The number of benzene rings is 1. The van der Waals surface area contributed by atoms with Crippen LogP contribution in [0.4, 0.5) is 5.82 Å². The third kappa shape index (κ3) is 8.34. The van der Waals surface area contributed by atoms with E-state index < -0.39 is 22.2 Å². The molecular formula is C21H32ClN5O4S. The number of carboxylic acids is 1. The van der Waals surface area contributed by atoms with E-state index in [1.165, 1.54) is 4.31 Å². The van der Waals surface area contributed by atoms with Crippen LogP contribution in [0.5, 0.6) is 0 Å². The second-order valence-corrected chi connectivity index (χ2v) is 8.39. The van der Waals surface area contributed by atoms with E-state index in [2.05, 4.69) is 14.9 Å². The van der Waals surface area contributed by atoms with E-state index in [4.69, 9.17) is 11.6 Å². The summed E-state index contributed by atoms with van der Waals surface area (Å²) in [5.74, 6) is -0.607. The van der Waals surface area contributed by atoms with Gasteiger partial charge in [0.1, 0.15) is 6.04 Å². The number of carbonyl (C=O) groups is 1. The molecule has 0 aliphatic carbocycles. The highest BCUT2D eigenvalue weighted by Crippen LogP contribution is 2.16. The van der Waals surface area contributed by atoms with E-state index in [0.717, 1.165) is 5.56 Å². The molecule has 0 radical (unpaired) electrons. The number of hydrogen-bond acceptors (Lipinski definition) is 6. The molecule has 1 aliphatic rings. The predicted molar refractivity (Wildman–Crippen MR) is 127 cm³/mol. The fourth-order valence-electron chi connectivity index (χ4n) is 2.92. The lowest BCUT2D eigenvalue weighted by molar-refractivity contribution is -0.138. The molecule has 1 aromatic heterocycles. The third-order valence-corrected chi connectivity index (χ3v) is 6.22. The van der Waals surface area contributed by atoms with Crippen molar-refractivity contribution >= 4 is 33.6 Å². The van der Waals surface area contributed by atoms with Crippen molar-refractivity contribution in [2.75, 3.05) is 31.1 Å². The number of nitrogens with zero attached hydrogens (tertiary/aromatic N) is 4. The Kier molecular flexibility index (Phi) is 12.1. The maximum absolute atomic E-state index is 12.7. The molecule has 11 heteroatoms. The average Bonchev–Trinajstić information content (AvgIpc) is 2.82. The van der Waals surface area contributed by atoms with Crippen molar-refractivity contribution < 1.29 is 18.3 Å². The Bertz CT molecular complexity index is 906. The summed E-state index contributed by atoms with van der Waals surface area (Å²) in [7, 11) is -3.94. The van der Waals surface area contributed by atoms with Gasteiger partial charge in [-0.15, -0.1) is 10.2 Å². The summed E-state index contributed by atoms with van der Waals surface area (Å²) >= 11 is 5.73. The van der Waals surface area contributed by atoms with Crippen LogP contribution >= 0.6 is 11.6 Å². The van der Waals surface area contributed by atoms with Crippen LogP contribution in [0.15, 0.2) is 42.5 Å².